The molecular weight excluding hydrogens is 362 g/mol. The Morgan fingerprint density at radius 2 is 1.79 bits per heavy atom. The molecule has 28 heavy (non-hydrogen) atoms. The van der Waals surface area contributed by atoms with Gasteiger partial charge in [0.2, 0.25) is 11.7 Å². The smallest absolute Gasteiger partial charge is 0.336 e. The number of carboxylic acid groups (broad SMARTS) is 1. The molecule has 0 bridgehead atoms. The van der Waals surface area contributed by atoms with Crippen molar-refractivity contribution < 1.29 is 19.6 Å². The number of rotatable bonds is 7. The van der Waals surface area contributed by atoms with Crippen LogP contribution in [0.3, 0.4) is 0 Å². The van der Waals surface area contributed by atoms with Gasteiger partial charge in [-0.25, -0.2) is 4.79 Å². The summed E-state index contributed by atoms with van der Waals surface area (Å²) in [7, 11) is 1.43. The summed E-state index contributed by atoms with van der Waals surface area (Å²) in [5, 5.41) is 23.7. The van der Waals surface area contributed by atoms with Crippen molar-refractivity contribution >= 4 is 17.5 Å². The molecule has 0 saturated heterocycles. The molecule has 0 atom stereocenters. The summed E-state index contributed by atoms with van der Waals surface area (Å²) in [6.45, 7) is 0.213. The van der Waals surface area contributed by atoms with Crippen LogP contribution in [0.4, 0.5) is 11.5 Å². The molecule has 0 saturated carbocycles. The first-order valence-corrected chi connectivity index (χ1v) is 8.35. The van der Waals surface area contributed by atoms with Gasteiger partial charge in [-0.15, -0.1) is 0 Å². The molecule has 0 fully saturated rings. The minimum absolute atomic E-state index is 0.0747. The van der Waals surface area contributed by atoms with E-state index in [0.717, 1.165) is 11.1 Å². The highest BCUT2D eigenvalue weighted by Crippen LogP contribution is 2.29. The van der Waals surface area contributed by atoms with Gasteiger partial charge in [-0.3, -0.25) is 10.1 Å². The molecule has 8 heteroatoms. The largest absolute Gasteiger partial charge is 0.481 e. The van der Waals surface area contributed by atoms with Crippen LogP contribution in [0.15, 0.2) is 60.7 Å². The van der Waals surface area contributed by atoms with E-state index in [2.05, 4.69) is 10.3 Å². The number of carbonyl (C=O) groups is 1. The maximum absolute atomic E-state index is 11.6. The van der Waals surface area contributed by atoms with Crippen LogP contribution in [-0.2, 0) is 6.54 Å². The van der Waals surface area contributed by atoms with E-state index >= 15 is 0 Å². The van der Waals surface area contributed by atoms with Crippen LogP contribution in [0.25, 0.3) is 11.1 Å². The molecule has 0 spiro atoms. The Labute approximate surface area is 160 Å². The van der Waals surface area contributed by atoms with E-state index in [9.17, 15) is 20.0 Å². The number of nitrogens with zero attached hydrogens (tertiary/aromatic N) is 2. The summed E-state index contributed by atoms with van der Waals surface area (Å²) in [5.41, 5.74) is 2.07. The van der Waals surface area contributed by atoms with Crippen LogP contribution >= 0.6 is 0 Å². The monoisotopic (exact) mass is 379 g/mol. The molecular formula is C20H17N3O5. The minimum atomic E-state index is -1.02. The van der Waals surface area contributed by atoms with Crippen LogP contribution in [0.5, 0.6) is 5.88 Å². The summed E-state index contributed by atoms with van der Waals surface area (Å²) in [6.07, 6.45) is 0. The number of ether oxygens (including phenoxy) is 1. The van der Waals surface area contributed by atoms with E-state index in [1.54, 1.807) is 18.2 Å². The van der Waals surface area contributed by atoms with Crippen molar-refractivity contribution in [2.75, 3.05) is 12.4 Å². The summed E-state index contributed by atoms with van der Waals surface area (Å²) < 4.78 is 5.04. The van der Waals surface area contributed by atoms with E-state index < -0.39 is 10.9 Å². The van der Waals surface area contributed by atoms with Gasteiger partial charge in [0.05, 0.1) is 17.6 Å². The van der Waals surface area contributed by atoms with E-state index in [1.807, 2.05) is 24.3 Å². The first-order valence-electron chi connectivity index (χ1n) is 8.35. The minimum Gasteiger partial charge on any atom is -0.481 e. The molecule has 0 aliphatic carbocycles. The fraction of sp³-hybridized carbons (Fsp3) is 0.100. The quantitative estimate of drug-likeness (QED) is 0.471. The molecule has 3 rings (SSSR count). The third-order valence-electron chi connectivity index (χ3n) is 4.17. The number of hydrogen-bond acceptors (Lipinski definition) is 6. The average Bonchev–Trinajstić information content (AvgIpc) is 2.72. The Balaban J connectivity index is 1.97. The van der Waals surface area contributed by atoms with Crippen molar-refractivity contribution in [3.8, 4) is 17.0 Å². The van der Waals surface area contributed by atoms with Crippen molar-refractivity contribution in [2.45, 2.75) is 6.54 Å². The summed E-state index contributed by atoms with van der Waals surface area (Å²) >= 11 is 0. The van der Waals surface area contributed by atoms with Crippen LogP contribution < -0.4 is 10.1 Å². The number of methoxy groups -OCH3 is 1. The standard InChI is InChI=1S/C20H17N3O5/c1-28-18-11-10-17(23(26)27)19(22-18)21-12-13-6-2-3-7-14(13)15-8-4-5-9-16(15)20(24)25/h2-11H,12H2,1H3,(H,21,22)(H,24,25). The molecule has 0 unspecified atom stereocenters. The van der Waals surface area contributed by atoms with E-state index in [-0.39, 0.29) is 29.5 Å². The van der Waals surface area contributed by atoms with Crippen molar-refractivity contribution in [3.63, 3.8) is 0 Å². The fourth-order valence-corrected chi connectivity index (χ4v) is 2.85. The molecule has 1 aromatic heterocycles. The number of pyridine rings is 1. The van der Waals surface area contributed by atoms with Crippen LogP contribution in [0, 0.1) is 10.1 Å². The van der Waals surface area contributed by atoms with Crippen molar-refractivity contribution in [3.05, 3.63) is 81.9 Å². The molecule has 0 aliphatic heterocycles. The van der Waals surface area contributed by atoms with Gasteiger partial charge in [-0.05, 0) is 22.8 Å². The molecule has 2 aromatic carbocycles. The second kappa shape index (κ2) is 8.17. The zero-order valence-corrected chi connectivity index (χ0v) is 15.0. The lowest BCUT2D eigenvalue weighted by Crippen LogP contribution is -2.07. The second-order valence-electron chi connectivity index (χ2n) is 5.84. The third-order valence-corrected chi connectivity index (χ3v) is 4.17. The van der Waals surface area contributed by atoms with Gasteiger partial charge in [0, 0.05) is 18.7 Å². The number of anilines is 1. The van der Waals surface area contributed by atoms with Crippen LogP contribution in [-0.4, -0.2) is 28.1 Å². The van der Waals surface area contributed by atoms with Crippen LogP contribution in [0.2, 0.25) is 0 Å². The van der Waals surface area contributed by atoms with Crippen LogP contribution in [0.1, 0.15) is 15.9 Å². The molecule has 2 N–H and O–H groups in total. The lowest BCUT2D eigenvalue weighted by Gasteiger charge is -2.13. The van der Waals surface area contributed by atoms with Crippen molar-refractivity contribution in [2.24, 2.45) is 0 Å². The number of nitro groups is 1. The molecule has 1 heterocycles. The molecule has 0 radical (unpaired) electrons. The normalized spacial score (nSPS) is 10.3. The predicted octanol–water partition coefficient (Wildman–Crippen LogP) is 3.98. The first-order chi connectivity index (χ1) is 13.5. The molecule has 3 aromatic rings. The second-order valence-corrected chi connectivity index (χ2v) is 5.84. The Morgan fingerprint density at radius 1 is 1.11 bits per heavy atom. The topological polar surface area (TPSA) is 115 Å². The number of aromatic nitrogens is 1. The van der Waals surface area contributed by atoms with Gasteiger partial charge >= 0.3 is 11.7 Å². The SMILES string of the molecule is COc1ccc([N+](=O)[O-])c(NCc2ccccc2-c2ccccc2C(=O)O)n1. The zero-order valence-electron chi connectivity index (χ0n) is 15.0. The summed E-state index contributed by atoms with van der Waals surface area (Å²) in [4.78, 5) is 26.4. The highest BCUT2D eigenvalue weighted by Gasteiger charge is 2.18. The predicted molar refractivity (Wildman–Crippen MR) is 104 cm³/mol. The highest BCUT2D eigenvalue weighted by molar-refractivity contribution is 5.96. The molecule has 142 valence electrons. The highest BCUT2D eigenvalue weighted by atomic mass is 16.6. The van der Waals surface area contributed by atoms with Gasteiger partial charge in [0.15, 0.2) is 0 Å². The molecule has 8 nitrogen and oxygen atoms in total. The lowest BCUT2D eigenvalue weighted by molar-refractivity contribution is -0.384. The van der Waals surface area contributed by atoms with Gasteiger partial charge < -0.3 is 15.2 Å². The first kappa shape index (κ1) is 18.8. The Morgan fingerprint density at radius 3 is 2.46 bits per heavy atom. The maximum Gasteiger partial charge on any atom is 0.336 e. The summed E-state index contributed by atoms with van der Waals surface area (Å²) in [5.74, 6) is -0.702. The number of aromatic carboxylic acids is 1. The number of nitrogens with one attached hydrogen (secondary N) is 1. The van der Waals surface area contributed by atoms with Crippen molar-refractivity contribution in [1.29, 1.82) is 0 Å². The third kappa shape index (κ3) is 3.90. The van der Waals surface area contributed by atoms with Gasteiger partial charge in [0.1, 0.15) is 0 Å². The van der Waals surface area contributed by atoms with E-state index in [4.69, 9.17) is 4.74 Å². The summed E-state index contributed by atoms with van der Waals surface area (Å²) in [6, 6.07) is 16.7. The van der Waals surface area contributed by atoms with Gasteiger partial charge in [0.25, 0.3) is 0 Å². The number of hydrogen-bond donors (Lipinski definition) is 2. The molecule has 0 amide bonds. The average molecular weight is 379 g/mol. The Bertz CT molecular complexity index is 1040. The van der Waals surface area contributed by atoms with E-state index in [1.165, 1.54) is 25.3 Å². The maximum atomic E-state index is 11.6. The molecule has 0 aliphatic rings. The lowest BCUT2D eigenvalue weighted by atomic mass is 9.95. The van der Waals surface area contributed by atoms with E-state index in [0.29, 0.717) is 5.56 Å². The zero-order chi connectivity index (χ0) is 20.1. The number of benzene rings is 2. The fourth-order valence-electron chi connectivity index (χ4n) is 2.85. The van der Waals surface area contributed by atoms with Crippen molar-refractivity contribution in [1.82, 2.24) is 4.98 Å². The Kier molecular flexibility index (Phi) is 5.50. The van der Waals surface area contributed by atoms with Gasteiger partial charge in [-0.1, -0.05) is 42.5 Å². The number of carboxylic acids is 1. The Hall–Kier alpha value is -3.94. The van der Waals surface area contributed by atoms with Gasteiger partial charge in [-0.2, -0.15) is 4.98 Å².